The van der Waals surface area contributed by atoms with Gasteiger partial charge in [-0.2, -0.15) is 5.10 Å². The molecule has 28 heavy (non-hydrogen) atoms. The summed E-state index contributed by atoms with van der Waals surface area (Å²) in [6.45, 7) is 0.381. The summed E-state index contributed by atoms with van der Waals surface area (Å²) in [5, 5.41) is 29.6. The fraction of sp³-hybridized carbons (Fsp3) is 0.158. The quantitative estimate of drug-likeness (QED) is 0.532. The highest BCUT2D eigenvalue weighted by Crippen LogP contribution is 2.22. The van der Waals surface area contributed by atoms with Crippen LogP contribution in [-0.2, 0) is 11.3 Å². The number of nitrogens with zero attached hydrogens (tertiary/aromatic N) is 2. The number of hydrogen-bond acceptors (Lipinski definition) is 7. The lowest BCUT2D eigenvalue weighted by atomic mass is 10.0. The van der Waals surface area contributed by atoms with Crippen molar-refractivity contribution in [2.45, 2.75) is 13.0 Å². The van der Waals surface area contributed by atoms with Crippen molar-refractivity contribution in [2.75, 3.05) is 11.2 Å². The van der Waals surface area contributed by atoms with Gasteiger partial charge in [0, 0.05) is 24.1 Å². The summed E-state index contributed by atoms with van der Waals surface area (Å²) in [6.07, 6.45) is 0.373. The second kappa shape index (κ2) is 9.16. The first kappa shape index (κ1) is 19.6. The van der Waals surface area contributed by atoms with Gasteiger partial charge < -0.3 is 10.4 Å². The van der Waals surface area contributed by atoms with Crippen LogP contribution < -0.4 is 10.8 Å². The number of hydrogen-bond donors (Lipinski definition) is 4. The van der Waals surface area contributed by atoms with Crippen molar-refractivity contribution in [2.24, 2.45) is 10.2 Å². The minimum absolute atomic E-state index is 0.0903. The Bertz CT molecular complexity index is 944. The molecule has 0 fully saturated rings. The molecule has 0 aliphatic carbocycles. The molecule has 0 radical (unpaired) electrons. The van der Waals surface area contributed by atoms with Crippen LogP contribution in [0.4, 0.5) is 5.69 Å². The van der Waals surface area contributed by atoms with E-state index < -0.39 is 5.97 Å². The molecule has 1 aliphatic rings. The lowest BCUT2D eigenvalue weighted by molar-refractivity contribution is -0.133. The van der Waals surface area contributed by atoms with Gasteiger partial charge in [-0.3, -0.25) is 20.3 Å². The number of carbonyl (C=O) groups is 2. The number of benzene rings is 2. The molecule has 0 saturated carbocycles. The summed E-state index contributed by atoms with van der Waals surface area (Å²) < 4.78 is 0. The van der Waals surface area contributed by atoms with Crippen molar-refractivity contribution < 1.29 is 19.9 Å². The Morgan fingerprint density at radius 3 is 2.61 bits per heavy atom. The third-order valence-corrected chi connectivity index (χ3v) is 4.87. The van der Waals surface area contributed by atoms with E-state index in [1.165, 1.54) is 6.07 Å². The number of anilines is 1. The van der Waals surface area contributed by atoms with Crippen LogP contribution in [0.5, 0.6) is 0 Å². The van der Waals surface area contributed by atoms with Crippen LogP contribution in [0.25, 0.3) is 0 Å². The van der Waals surface area contributed by atoms with Crippen LogP contribution >= 0.6 is 11.8 Å². The van der Waals surface area contributed by atoms with Gasteiger partial charge in [0.1, 0.15) is 5.04 Å². The number of carboxylic acids is 1. The molecule has 0 aromatic heterocycles. The van der Waals surface area contributed by atoms with E-state index in [0.29, 0.717) is 40.5 Å². The Morgan fingerprint density at radius 2 is 1.89 bits per heavy atom. The molecule has 4 N–H and O–H groups in total. The Kier molecular flexibility index (Phi) is 6.41. The van der Waals surface area contributed by atoms with Gasteiger partial charge >= 0.3 is 5.97 Å². The van der Waals surface area contributed by atoms with E-state index in [0.717, 1.165) is 17.3 Å². The molecule has 0 spiro atoms. The second-order valence-electron chi connectivity index (χ2n) is 5.98. The second-order valence-corrected chi connectivity index (χ2v) is 7.03. The van der Waals surface area contributed by atoms with Gasteiger partial charge in [-0.1, -0.05) is 42.1 Å². The smallest absolute Gasteiger partial charge is 0.313 e. The van der Waals surface area contributed by atoms with Crippen molar-refractivity contribution in [3.8, 4) is 0 Å². The molecule has 2 aromatic carbocycles. The average molecular weight is 398 g/mol. The van der Waals surface area contributed by atoms with Crippen LogP contribution in [0.15, 0.2) is 58.7 Å². The maximum Gasteiger partial charge on any atom is 0.313 e. The highest BCUT2D eigenvalue weighted by Gasteiger charge is 2.18. The highest BCUT2D eigenvalue weighted by molar-refractivity contribution is 8.14. The van der Waals surface area contributed by atoms with E-state index in [-0.39, 0.29) is 11.7 Å². The monoisotopic (exact) mass is 398 g/mol. The standard InChI is InChI=1S/C19H18N4O4S/c24-18(25)11-28-17-9-16(21-22-17)13-6-14(8-15(7-13)23-27)19(26)20-10-12-4-2-1-3-5-12/h1-8,23,27H,9-11H2,(H,20,26)(H,24,25). The van der Waals surface area contributed by atoms with E-state index in [9.17, 15) is 14.8 Å². The van der Waals surface area contributed by atoms with Gasteiger partial charge in [0.25, 0.3) is 5.91 Å². The number of carboxylic acid groups (broad SMARTS) is 1. The SMILES string of the molecule is O=C(O)CSC1=NN=C(c2cc(NO)cc(C(=O)NCc3ccccc3)c2)C1. The van der Waals surface area contributed by atoms with Crippen molar-refractivity contribution in [1.29, 1.82) is 0 Å². The number of thioether (sulfide) groups is 1. The zero-order valence-electron chi connectivity index (χ0n) is 14.8. The van der Waals surface area contributed by atoms with Gasteiger partial charge in [0.2, 0.25) is 0 Å². The summed E-state index contributed by atoms with van der Waals surface area (Å²) in [4.78, 5) is 23.2. The summed E-state index contributed by atoms with van der Waals surface area (Å²) in [7, 11) is 0. The van der Waals surface area contributed by atoms with E-state index >= 15 is 0 Å². The van der Waals surface area contributed by atoms with Crippen LogP contribution in [-0.4, -0.2) is 38.7 Å². The molecule has 0 unspecified atom stereocenters. The lowest BCUT2D eigenvalue weighted by Gasteiger charge is -2.10. The molecule has 144 valence electrons. The Labute approximate surface area is 165 Å². The maximum atomic E-state index is 12.5. The summed E-state index contributed by atoms with van der Waals surface area (Å²) in [5.74, 6) is -1.31. The molecule has 9 heteroatoms. The topological polar surface area (TPSA) is 123 Å². The number of rotatable bonds is 7. The summed E-state index contributed by atoms with van der Waals surface area (Å²) >= 11 is 1.11. The average Bonchev–Trinajstić information content (AvgIpc) is 3.20. The van der Waals surface area contributed by atoms with Gasteiger partial charge in [-0.25, -0.2) is 0 Å². The first-order valence-corrected chi connectivity index (χ1v) is 9.39. The lowest BCUT2D eigenvalue weighted by Crippen LogP contribution is -2.23. The summed E-state index contributed by atoms with van der Waals surface area (Å²) in [6, 6.07) is 14.4. The molecule has 8 nitrogen and oxygen atoms in total. The first-order valence-electron chi connectivity index (χ1n) is 8.41. The first-order chi connectivity index (χ1) is 13.5. The molecule has 3 rings (SSSR count). The van der Waals surface area contributed by atoms with E-state index in [1.54, 1.807) is 12.1 Å². The van der Waals surface area contributed by atoms with Crippen LogP contribution in [0.2, 0.25) is 0 Å². The van der Waals surface area contributed by atoms with Crippen molar-refractivity contribution in [3.05, 3.63) is 65.2 Å². The minimum atomic E-state index is -0.926. The van der Waals surface area contributed by atoms with Crippen molar-refractivity contribution >= 4 is 40.1 Å². The molecule has 0 bridgehead atoms. The largest absolute Gasteiger partial charge is 0.481 e. The zero-order chi connectivity index (χ0) is 19.9. The highest BCUT2D eigenvalue weighted by atomic mass is 32.2. The molecule has 0 saturated heterocycles. The third-order valence-electron chi connectivity index (χ3n) is 3.92. The Hall–Kier alpha value is -3.17. The van der Waals surface area contributed by atoms with Gasteiger partial charge in [-0.05, 0) is 23.8 Å². The zero-order valence-corrected chi connectivity index (χ0v) is 15.6. The van der Waals surface area contributed by atoms with Gasteiger partial charge in [0.05, 0.1) is 17.2 Å². The van der Waals surface area contributed by atoms with Crippen LogP contribution in [0.3, 0.4) is 0 Å². The predicted molar refractivity (Wildman–Crippen MR) is 108 cm³/mol. The molecular formula is C19H18N4O4S. The number of aliphatic carboxylic acids is 1. The number of nitrogens with one attached hydrogen (secondary N) is 2. The van der Waals surface area contributed by atoms with Crippen LogP contribution in [0, 0.1) is 0 Å². The third kappa shape index (κ3) is 5.18. The molecule has 1 aliphatic heterocycles. The molecule has 2 aromatic rings. The van der Waals surface area contributed by atoms with E-state index in [2.05, 4.69) is 21.0 Å². The number of amides is 1. The Balaban J connectivity index is 1.70. The maximum absolute atomic E-state index is 12.5. The molecule has 1 heterocycles. The molecule has 1 amide bonds. The fourth-order valence-corrected chi connectivity index (χ4v) is 3.21. The predicted octanol–water partition coefficient (Wildman–Crippen LogP) is 2.74. The van der Waals surface area contributed by atoms with Crippen molar-refractivity contribution in [3.63, 3.8) is 0 Å². The van der Waals surface area contributed by atoms with Gasteiger partial charge in [-0.15, -0.1) is 5.10 Å². The summed E-state index contributed by atoms with van der Waals surface area (Å²) in [5.41, 5.74) is 4.96. The minimum Gasteiger partial charge on any atom is -0.481 e. The number of carbonyl (C=O) groups excluding carboxylic acids is 1. The Morgan fingerprint density at radius 1 is 1.11 bits per heavy atom. The molecular weight excluding hydrogens is 380 g/mol. The van der Waals surface area contributed by atoms with E-state index in [4.69, 9.17) is 5.11 Å². The molecule has 0 atom stereocenters. The van der Waals surface area contributed by atoms with Gasteiger partial charge in [0.15, 0.2) is 0 Å². The van der Waals surface area contributed by atoms with E-state index in [1.807, 2.05) is 30.3 Å². The fourth-order valence-electron chi connectivity index (χ4n) is 2.58. The van der Waals surface area contributed by atoms with Crippen molar-refractivity contribution in [1.82, 2.24) is 5.32 Å². The normalized spacial score (nSPS) is 12.9. The van der Waals surface area contributed by atoms with Crippen LogP contribution in [0.1, 0.15) is 27.9 Å².